The van der Waals surface area contributed by atoms with Crippen LogP contribution in [0.2, 0.25) is 17.7 Å². The van der Waals surface area contributed by atoms with E-state index in [1.807, 2.05) is 0 Å². The molecule has 0 saturated heterocycles. The Hall–Kier alpha value is 0.759. The Kier molecular flexibility index (Phi) is 10.0. The Bertz CT molecular complexity index is 266. The van der Waals surface area contributed by atoms with Crippen molar-refractivity contribution in [3.63, 3.8) is 0 Å². The molecule has 1 rings (SSSR count). The monoisotopic (exact) mass is 418 g/mol. The number of hydrogen-bond donors (Lipinski definition) is 1. The maximum absolute atomic E-state index is 10.5. The van der Waals surface area contributed by atoms with E-state index in [2.05, 4.69) is 27.7 Å². The Balaban J connectivity index is 2.75. The molecule has 1 saturated carbocycles. The Morgan fingerprint density at radius 2 is 1.45 bits per heavy atom. The van der Waals surface area contributed by atoms with Crippen LogP contribution in [-0.2, 0) is 0 Å². The van der Waals surface area contributed by atoms with Gasteiger partial charge in [-0.15, -0.1) is 0 Å². The molecule has 22 heavy (non-hydrogen) atoms. The molecule has 0 heterocycles. The van der Waals surface area contributed by atoms with E-state index in [4.69, 9.17) is 0 Å². The minimum absolute atomic E-state index is 0.360. The van der Waals surface area contributed by atoms with Crippen LogP contribution in [0.4, 0.5) is 0 Å². The first kappa shape index (κ1) is 20.8. The molecule has 1 N–H and O–H groups in total. The van der Waals surface area contributed by atoms with E-state index in [1.54, 1.807) is 17.7 Å². The molecule has 1 aliphatic rings. The number of unbranched alkanes of at least 4 members (excludes halogenated alkanes) is 3. The molecule has 0 aliphatic heterocycles. The van der Waals surface area contributed by atoms with Gasteiger partial charge in [-0.2, -0.15) is 0 Å². The van der Waals surface area contributed by atoms with Crippen LogP contribution in [0.1, 0.15) is 91.9 Å². The summed E-state index contributed by atoms with van der Waals surface area (Å²) in [6, 6.07) is 0. The first-order valence-electron chi connectivity index (χ1n) is 10.2. The summed E-state index contributed by atoms with van der Waals surface area (Å²) in [5, 5.41) is 10.5. The zero-order chi connectivity index (χ0) is 16.5. The van der Waals surface area contributed by atoms with E-state index in [1.165, 1.54) is 51.4 Å². The van der Waals surface area contributed by atoms with E-state index >= 15 is 0 Å². The van der Waals surface area contributed by atoms with Crippen molar-refractivity contribution in [2.24, 2.45) is 5.92 Å². The van der Waals surface area contributed by atoms with Crippen LogP contribution in [0.3, 0.4) is 0 Å². The topological polar surface area (TPSA) is 20.2 Å². The average Bonchev–Trinajstić information content (AvgIpc) is 2.47. The Morgan fingerprint density at radius 1 is 0.955 bits per heavy atom. The molecule has 0 bridgehead atoms. The zero-order valence-electron chi connectivity index (χ0n) is 15.9. The van der Waals surface area contributed by atoms with Gasteiger partial charge in [-0.05, 0) is 0 Å². The molecule has 1 aliphatic carbocycles. The van der Waals surface area contributed by atoms with E-state index in [9.17, 15) is 5.11 Å². The van der Waals surface area contributed by atoms with Crippen molar-refractivity contribution in [1.29, 1.82) is 0 Å². The fourth-order valence-corrected chi connectivity index (χ4v) is 22.5. The normalized spacial score (nSPS) is 26.3. The molecular weight excluding hydrogens is 375 g/mol. The predicted octanol–water partition coefficient (Wildman–Crippen LogP) is 6.78. The van der Waals surface area contributed by atoms with Crippen molar-refractivity contribution in [3.05, 3.63) is 0 Å². The Morgan fingerprint density at radius 3 is 1.86 bits per heavy atom. The number of hydrogen-bond acceptors (Lipinski definition) is 1. The first-order chi connectivity index (χ1) is 10.5. The van der Waals surface area contributed by atoms with Gasteiger partial charge in [-0.25, -0.2) is 0 Å². The van der Waals surface area contributed by atoms with Crippen LogP contribution in [0.5, 0.6) is 0 Å². The fraction of sp³-hybridized carbons (Fsp3) is 1.00. The summed E-state index contributed by atoms with van der Waals surface area (Å²) in [6.07, 6.45) is 13.3. The van der Waals surface area contributed by atoms with Gasteiger partial charge in [0.25, 0.3) is 0 Å². The molecule has 0 aromatic carbocycles. The third kappa shape index (κ3) is 7.55. The first-order valence-corrected chi connectivity index (χ1v) is 18.3. The standard InChI is InChI=1S/C8H15O.3C4H9.Sn/c1-7-4-3-5-8(2,9)6-7;3*1-3-4-2;/h7,9H,1,3-6H2,2H3;3*1,3-4H2,2H3;/t7-,8-;;;;/m0..../s1. The van der Waals surface area contributed by atoms with Gasteiger partial charge in [-0.3, -0.25) is 0 Å². The van der Waals surface area contributed by atoms with E-state index < -0.39 is 18.4 Å². The maximum atomic E-state index is 10.5. The average molecular weight is 417 g/mol. The van der Waals surface area contributed by atoms with Gasteiger partial charge in [0.2, 0.25) is 0 Å². The molecule has 1 fully saturated rings. The molecule has 0 unspecified atom stereocenters. The van der Waals surface area contributed by atoms with Crippen molar-refractivity contribution in [3.8, 4) is 0 Å². The molecule has 0 spiro atoms. The summed E-state index contributed by atoms with van der Waals surface area (Å²) in [4.78, 5) is 0. The molecule has 2 heteroatoms. The van der Waals surface area contributed by atoms with Gasteiger partial charge < -0.3 is 0 Å². The molecule has 0 radical (unpaired) electrons. The van der Waals surface area contributed by atoms with Gasteiger partial charge in [0.15, 0.2) is 0 Å². The zero-order valence-corrected chi connectivity index (χ0v) is 18.8. The van der Waals surface area contributed by atoms with Crippen molar-refractivity contribution >= 4 is 18.4 Å². The predicted molar refractivity (Wildman–Crippen MR) is 102 cm³/mol. The SMILES string of the molecule is CCC[CH2][Sn]([CH2]CCC)([CH2]CCC)[CH2][C@H]1CCC[C@](C)(O)C1. The van der Waals surface area contributed by atoms with Crippen LogP contribution in [0.15, 0.2) is 0 Å². The van der Waals surface area contributed by atoms with Crippen LogP contribution in [-0.4, -0.2) is 29.1 Å². The summed E-state index contributed by atoms with van der Waals surface area (Å²) in [7, 11) is 0. The summed E-state index contributed by atoms with van der Waals surface area (Å²) < 4.78 is 6.47. The van der Waals surface area contributed by atoms with Gasteiger partial charge in [0.1, 0.15) is 0 Å². The molecule has 0 amide bonds. The van der Waals surface area contributed by atoms with Gasteiger partial charge in [0.05, 0.1) is 0 Å². The van der Waals surface area contributed by atoms with Crippen molar-refractivity contribution < 1.29 is 5.11 Å². The van der Waals surface area contributed by atoms with Crippen molar-refractivity contribution in [1.82, 2.24) is 0 Å². The minimum atomic E-state index is -1.98. The number of aliphatic hydroxyl groups is 1. The summed E-state index contributed by atoms with van der Waals surface area (Å²) in [5.74, 6) is 0.852. The van der Waals surface area contributed by atoms with E-state index in [0.29, 0.717) is 0 Å². The van der Waals surface area contributed by atoms with Crippen molar-refractivity contribution in [2.45, 2.75) is 115 Å². The van der Waals surface area contributed by atoms with Gasteiger partial charge >= 0.3 is 145 Å². The van der Waals surface area contributed by atoms with E-state index in [-0.39, 0.29) is 5.60 Å². The van der Waals surface area contributed by atoms with Crippen LogP contribution < -0.4 is 0 Å². The molecule has 0 aromatic rings. The van der Waals surface area contributed by atoms with Crippen LogP contribution >= 0.6 is 0 Å². The molecule has 2 atom stereocenters. The second kappa shape index (κ2) is 10.6. The number of rotatable bonds is 11. The summed E-state index contributed by atoms with van der Waals surface area (Å²) >= 11 is -1.98. The van der Waals surface area contributed by atoms with Gasteiger partial charge in [0, 0.05) is 0 Å². The third-order valence-corrected chi connectivity index (χ3v) is 22.2. The van der Waals surface area contributed by atoms with E-state index in [0.717, 1.165) is 18.8 Å². The fourth-order valence-electron chi connectivity index (χ4n) is 4.72. The van der Waals surface area contributed by atoms with Crippen molar-refractivity contribution in [2.75, 3.05) is 0 Å². The van der Waals surface area contributed by atoms with Crippen LogP contribution in [0.25, 0.3) is 0 Å². The van der Waals surface area contributed by atoms with Crippen LogP contribution in [0, 0.1) is 5.92 Å². The third-order valence-electron chi connectivity index (χ3n) is 5.96. The molecular formula is C20H42OSn. The quantitative estimate of drug-likeness (QED) is 0.368. The Labute approximate surface area is 144 Å². The molecule has 0 aromatic heterocycles. The molecule has 132 valence electrons. The second-order valence-corrected chi connectivity index (χ2v) is 22.5. The van der Waals surface area contributed by atoms with Gasteiger partial charge in [-0.1, -0.05) is 0 Å². The second-order valence-electron chi connectivity index (χ2n) is 8.47. The summed E-state index contributed by atoms with van der Waals surface area (Å²) in [5.41, 5.74) is -0.360. The summed E-state index contributed by atoms with van der Waals surface area (Å²) in [6.45, 7) is 9.17. The molecule has 1 nitrogen and oxygen atoms in total.